The van der Waals surface area contributed by atoms with Gasteiger partial charge in [0.2, 0.25) is 0 Å². The number of halogens is 1. The summed E-state index contributed by atoms with van der Waals surface area (Å²) in [4.78, 5) is 32.4. The van der Waals surface area contributed by atoms with E-state index in [1.54, 1.807) is 48.7 Å². The van der Waals surface area contributed by atoms with Crippen molar-refractivity contribution in [3.05, 3.63) is 82.0 Å². The number of nitrogens with zero attached hydrogens (tertiary/aromatic N) is 4. The highest BCUT2D eigenvalue weighted by Crippen LogP contribution is 2.31. The fourth-order valence-corrected chi connectivity index (χ4v) is 3.39. The molecule has 0 aliphatic rings. The molecule has 10 heteroatoms. The van der Waals surface area contributed by atoms with Gasteiger partial charge in [-0.15, -0.1) is 6.42 Å². The predicted octanol–water partition coefficient (Wildman–Crippen LogP) is 4.06. The molecule has 0 unspecified atom stereocenters. The summed E-state index contributed by atoms with van der Waals surface area (Å²) in [7, 11) is 7.34. The Morgan fingerprint density at radius 2 is 1.82 bits per heavy atom. The van der Waals surface area contributed by atoms with Crippen molar-refractivity contribution in [2.24, 2.45) is 5.10 Å². The first kappa shape index (κ1) is 28.2. The van der Waals surface area contributed by atoms with Gasteiger partial charge >= 0.3 is 0 Å². The Hall–Kier alpha value is -4.39. The molecule has 3 rings (SSSR count). The molecule has 0 bridgehead atoms. The SMILES string of the molecule is C#Cc1cc(OC)c(NC(=O)c2ccc(C=NN(C)CCN(C)C)cc2)c(C(=O)Nc2ccc(Cl)cn2)c1. The molecule has 38 heavy (non-hydrogen) atoms. The van der Waals surface area contributed by atoms with Crippen LogP contribution in [0.3, 0.4) is 0 Å². The number of benzene rings is 2. The molecule has 0 fully saturated rings. The Bertz CT molecular complexity index is 1350. The number of ether oxygens (including phenoxy) is 1. The minimum absolute atomic E-state index is 0.118. The second-order valence-electron chi connectivity index (χ2n) is 8.57. The molecular formula is C28H29ClN6O3. The van der Waals surface area contributed by atoms with E-state index in [0.29, 0.717) is 16.1 Å². The van der Waals surface area contributed by atoms with Crippen LogP contribution in [0.1, 0.15) is 31.8 Å². The van der Waals surface area contributed by atoms with E-state index in [4.69, 9.17) is 22.8 Å². The number of methoxy groups -OCH3 is 1. The van der Waals surface area contributed by atoms with E-state index in [2.05, 4.69) is 31.5 Å². The zero-order chi connectivity index (χ0) is 27.7. The molecular weight excluding hydrogens is 504 g/mol. The van der Waals surface area contributed by atoms with Crippen LogP contribution in [0.4, 0.5) is 11.5 Å². The van der Waals surface area contributed by atoms with Crippen molar-refractivity contribution in [2.45, 2.75) is 0 Å². The third-order valence-electron chi connectivity index (χ3n) is 5.39. The van der Waals surface area contributed by atoms with Gasteiger partial charge in [0.1, 0.15) is 11.6 Å². The fraction of sp³-hybridized carbons (Fsp3) is 0.214. The normalized spacial score (nSPS) is 10.8. The number of nitrogens with one attached hydrogen (secondary N) is 2. The minimum atomic E-state index is -0.532. The summed E-state index contributed by atoms with van der Waals surface area (Å²) in [6, 6.07) is 13.2. The Morgan fingerprint density at radius 1 is 1.08 bits per heavy atom. The van der Waals surface area contributed by atoms with E-state index in [9.17, 15) is 9.59 Å². The Balaban J connectivity index is 1.81. The van der Waals surface area contributed by atoms with Gasteiger partial charge in [-0.25, -0.2) is 4.98 Å². The van der Waals surface area contributed by atoms with Crippen LogP contribution in [0.2, 0.25) is 5.02 Å². The third-order valence-corrected chi connectivity index (χ3v) is 5.61. The average molecular weight is 533 g/mol. The molecule has 0 aliphatic carbocycles. The number of terminal acetylenes is 1. The largest absolute Gasteiger partial charge is 0.495 e. The number of likely N-dealkylation sites (N-methyl/N-ethyl adjacent to an activating group) is 2. The van der Waals surface area contributed by atoms with Gasteiger partial charge < -0.3 is 20.3 Å². The van der Waals surface area contributed by atoms with Crippen LogP contribution >= 0.6 is 11.6 Å². The molecule has 1 aromatic heterocycles. The summed E-state index contributed by atoms with van der Waals surface area (Å²) < 4.78 is 5.44. The number of rotatable bonds is 10. The lowest BCUT2D eigenvalue weighted by Gasteiger charge is -2.16. The van der Waals surface area contributed by atoms with Gasteiger partial charge in [-0.05, 0) is 56.1 Å². The van der Waals surface area contributed by atoms with Crippen molar-refractivity contribution in [1.82, 2.24) is 14.9 Å². The van der Waals surface area contributed by atoms with Gasteiger partial charge in [0, 0.05) is 37.5 Å². The molecule has 3 aromatic rings. The number of carbonyl (C=O) groups is 2. The van der Waals surface area contributed by atoms with Crippen LogP contribution in [0.5, 0.6) is 5.75 Å². The molecule has 0 saturated carbocycles. The highest BCUT2D eigenvalue weighted by atomic mass is 35.5. The third kappa shape index (κ3) is 7.80. The Kier molecular flexibility index (Phi) is 9.82. The summed E-state index contributed by atoms with van der Waals surface area (Å²) in [5.74, 6) is 2.06. The lowest BCUT2D eigenvalue weighted by Crippen LogP contribution is -2.25. The maximum atomic E-state index is 13.1. The van der Waals surface area contributed by atoms with Crippen molar-refractivity contribution in [3.63, 3.8) is 0 Å². The summed E-state index contributed by atoms with van der Waals surface area (Å²) in [6.07, 6.45) is 8.71. The van der Waals surface area contributed by atoms with Gasteiger partial charge in [0.05, 0.1) is 29.6 Å². The molecule has 2 N–H and O–H groups in total. The molecule has 2 amide bonds. The Morgan fingerprint density at radius 3 is 2.42 bits per heavy atom. The summed E-state index contributed by atoms with van der Waals surface area (Å²) >= 11 is 5.88. The molecule has 0 radical (unpaired) electrons. The van der Waals surface area contributed by atoms with Gasteiger partial charge in [0.25, 0.3) is 11.8 Å². The second-order valence-corrected chi connectivity index (χ2v) is 9.00. The van der Waals surface area contributed by atoms with Crippen LogP contribution in [0, 0.1) is 12.3 Å². The highest BCUT2D eigenvalue weighted by molar-refractivity contribution is 6.30. The Labute approximate surface area is 227 Å². The van der Waals surface area contributed by atoms with Crippen molar-refractivity contribution < 1.29 is 14.3 Å². The summed E-state index contributed by atoms with van der Waals surface area (Å²) in [6.45, 7) is 1.67. The van der Waals surface area contributed by atoms with Crippen LogP contribution in [-0.4, -0.2) is 74.3 Å². The zero-order valence-corrected chi connectivity index (χ0v) is 22.4. The number of pyridine rings is 1. The summed E-state index contributed by atoms with van der Waals surface area (Å²) in [5.41, 5.74) is 1.93. The molecule has 0 saturated heterocycles. The second kappa shape index (κ2) is 13.2. The monoisotopic (exact) mass is 532 g/mol. The topological polar surface area (TPSA) is 99.2 Å². The number of hydrogen-bond acceptors (Lipinski definition) is 7. The van der Waals surface area contributed by atoms with Crippen LogP contribution in [0.15, 0.2) is 59.8 Å². The quantitative estimate of drug-likeness (QED) is 0.232. The number of amides is 2. The first-order valence-corrected chi connectivity index (χ1v) is 12.0. The van der Waals surface area contributed by atoms with Crippen LogP contribution in [0.25, 0.3) is 0 Å². The highest BCUT2D eigenvalue weighted by Gasteiger charge is 2.21. The number of hydrazone groups is 1. The van der Waals surface area contributed by atoms with E-state index >= 15 is 0 Å². The minimum Gasteiger partial charge on any atom is -0.495 e. The number of anilines is 2. The van der Waals surface area contributed by atoms with Crippen molar-refractivity contribution >= 4 is 41.1 Å². The first-order chi connectivity index (χ1) is 18.2. The molecule has 196 valence electrons. The van der Waals surface area contributed by atoms with Crippen LogP contribution < -0.4 is 15.4 Å². The van der Waals surface area contributed by atoms with E-state index < -0.39 is 11.8 Å². The van der Waals surface area contributed by atoms with E-state index in [0.717, 1.165) is 18.7 Å². The lowest BCUT2D eigenvalue weighted by molar-refractivity contribution is 0.102. The van der Waals surface area contributed by atoms with Gasteiger partial charge in [-0.1, -0.05) is 29.7 Å². The predicted molar refractivity (Wildman–Crippen MR) is 151 cm³/mol. The molecule has 9 nitrogen and oxygen atoms in total. The molecule has 0 atom stereocenters. The maximum absolute atomic E-state index is 13.1. The molecule has 1 heterocycles. The van der Waals surface area contributed by atoms with E-state index in [1.807, 2.05) is 26.2 Å². The molecule has 0 aliphatic heterocycles. The number of hydrogen-bond donors (Lipinski definition) is 2. The van der Waals surface area contributed by atoms with Crippen molar-refractivity contribution in [3.8, 4) is 18.1 Å². The first-order valence-electron chi connectivity index (χ1n) is 11.6. The smallest absolute Gasteiger partial charge is 0.259 e. The van der Waals surface area contributed by atoms with E-state index in [-0.39, 0.29) is 22.8 Å². The van der Waals surface area contributed by atoms with Gasteiger partial charge in [-0.2, -0.15) is 5.10 Å². The summed E-state index contributed by atoms with van der Waals surface area (Å²) in [5, 5.41) is 12.2. The zero-order valence-electron chi connectivity index (χ0n) is 21.7. The van der Waals surface area contributed by atoms with E-state index in [1.165, 1.54) is 19.4 Å². The van der Waals surface area contributed by atoms with Crippen molar-refractivity contribution in [1.29, 1.82) is 0 Å². The molecule has 0 spiro atoms. The van der Waals surface area contributed by atoms with Gasteiger partial charge in [-0.3, -0.25) is 14.6 Å². The van der Waals surface area contributed by atoms with Crippen LogP contribution in [-0.2, 0) is 0 Å². The van der Waals surface area contributed by atoms with Crippen molar-refractivity contribution in [2.75, 3.05) is 52.0 Å². The number of aromatic nitrogens is 1. The number of carbonyl (C=O) groups excluding carboxylic acids is 2. The molecule has 2 aromatic carbocycles. The lowest BCUT2D eigenvalue weighted by atomic mass is 10.1. The average Bonchev–Trinajstić information content (AvgIpc) is 2.92. The standard InChI is InChI=1S/C28H29ClN6O3/c1-6-19-15-23(28(37)32-25-12-11-22(29)18-30-25)26(24(16-19)38-5)33-27(36)21-9-7-20(8-10-21)17-31-35(4)14-13-34(2)3/h1,7-12,15-18H,13-14H2,2-5H3,(H,33,36)(H,30,32,37). The van der Waals surface area contributed by atoms with Gasteiger partial charge in [0.15, 0.2) is 0 Å². The maximum Gasteiger partial charge on any atom is 0.259 e. The fourth-order valence-electron chi connectivity index (χ4n) is 3.28.